The molecule has 1 aliphatic carbocycles. The summed E-state index contributed by atoms with van der Waals surface area (Å²) >= 11 is 0. The fraction of sp³-hybridized carbons (Fsp3) is 0.312. The molecule has 2 aromatic heterocycles. The first-order valence-electron chi connectivity index (χ1n) is 7.73. The van der Waals surface area contributed by atoms with Gasteiger partial charge in [0.15, 0.2) is 28.5 Å². The Kier molecular flexibility index (Phi) is 2.67. The molecule has 0 saturated heterocycles. The maximum atomic E-state index is 5.62. The first kappa shape index (κ1) is 12.7. The van der Waals surface area contributed by atoms with Gasteiger partial charge in [-0.3, -0.25) is 0 Å². The molecule has 0 unspecified atom stereocenters. The summed E-state index contributed by atoms with van der Waals surface area (Å²) in [4.78, 5) is 13.2. The van der Waals surface area contributed by atoms with Crippen LogP contribution < -0.4 is 14.8 Å². The van der Waals surface area contributed by atoms with E-state index in [2.05, 4.69) is 24.8 Å². The second kappa shape index (κ2) is 4.84. The molecule has 5 rings (SSSR count). The van der Waals surface area contributed by atoms with Crippen molar-refractivity contribution in [2.45, 2.75) is 18.9 Å². The Bertz CT molecular complexity index is 887. The number of rotatable bonds is 3. The van der Waals surface area contributed by atoms with Gasteiger partial charge < -0.3 is 19.4 Å². The highest BCUT2D eigenvalue weighted by atomic mass is 16.6. The summed E-state index contributed by atoms with van der Waals surface area (Å²) in [7, 11) is 0. The van der Waals surface area contributed by atoms with Crippen LogP contribution in [0.4, 0.5) is 11.5 Å². The Labute approximate surface area is 132 Å². The third-order valence-corrected chi connectivity index (χ3v) is 4.10. The highest BCUT2D eigenvalue weighted by Gasteiger charge is 2.26. The normalized spacial score (nSPS) is 16.5. The third-order valence-electron chi connectivity index (χ3n) is 4.10. The van der Waals surface area contributed by atoms with E-state index in [1.54, 1.807) is 6.33 Å². The summed E-state index contributed by atoms with van der Waals surface area (Å²) in [5, 5.41) is 3.31. The van der Waals surface area contributed by atoms with Gasteiger partial charge >= 0.3 is 0 Å². The number of hydrogen-bond donors (Lipinski definition) is 1. The highest BCUT2D eigenvalue weighted by molar-refractivity contribution is 5.85. The van der Waals surface area contributed by atoms with Crippen LogP contribution in [0.25, 0.3) is 11.2 Å². The maximum Gasteiger partial charge on any atom is 0.165 e. The van der Waals surface area contributed by atoms with Crippen molar-refractivity contribution in [2.24, 2.45) is 0 Å². The van der Waals surface area contributed by atoms with Gasteiger partial charge in [0.1, 0.15) is 19.5 Å². The van der Waals surface area contributed by atoms with Crippen LogP contribution in [0.3, 0.4) is 0 Å². The largest absolute Gasteiger partial charge is 0.486 e. The summed E-state index contributed by atoms with van der Waals surface area (Å²) in [5.74, 6) is 2.22. The number of fused-ring (bicyclic) bond motifs is 2. The van der Waals surface area contributed by atoms with Gasteiger partial charge in [0.25, 0.3) is 0 Å². The number of imidazole rings is 1. The van der Waals surface area contributed by atoms with Crippen LogP contribution in [0.2, 0.25) is 0 Å². The van der Waals surface area contributed by atoms with Crippen molar-refractivity contribution in [3.63, 3.8) is 0 Å². The van der Waals surface area contributed by atoms with Gasteiger partial charge in [-0.05, 0) is 25.0 Å². The second-order valence-corrected chi connectivity index (χ2v) is 5.76. The summed E-state index contributed by atoms with van der Waals surface area (Å²) in [6.07, 6.45) is 5.82. The van der Waals surface area contributed by atoms with Crippen molar-refractivity contribution < 1.29 is 9.47 Å². The van der Waals surface area contributed by atoms with Gasteiger partial charge in [-0.2, -0.15) is 0 Å². The lowest BCUT2D eigenvalue weighted by Crippen LogP contribution is -2.15. The monoisotopic (exact) mass is 309 g/mol. The zero-order valence-corrected chi connectivity index (χ0v) is 12.4. The van der Waals surface area contributed by atoms with Crippen molar-refractivity contribution in [1.29, 1.82) is 0 Å². The molecule has 0 amide bonds. The van der Waals surface area contributed by atoms with Gasteiger partial charge in [0.05, 0.1) is 6.33 Å². The first-order chi connectivity index (χ1) is 11.4. The van der Waals surface area contributed by atoms with Crippen LogP contribution in [0.15, 0.2) is 30.9 Å². The molecule has 3 aromatic rings. The molecule has 3 heterocycles. The van der Waals surface area contributed by atoms with E-state index in [4.69, 9.17) is 9.47 Å². The van der Waals surface area contributed by atoms with Crippen LogP contribution in [-0.2, 0) is 0 Å². The molecule has 1 saturated carbocycles. The number of aromatic nitrogens is 4. The molecule has 0 radical (unpaired) electrons. The second-order valence-electron chi connectivity index (χ2n) is 5.76. The molecule has 7 heteroatoms. The Morgan fingerprint density at radius 3 is 2.78 bits per heavy atom. The molecule has 1 aromatic carbocycles. The molecule has 0 bridgehead atoms. The van der Waals surface area contributed by atoms with Crippen molar-refractivity contribution in [1.82, 2.24) is 19.5 Å². The smallest absolute Gasteiger partial charge is 0.165 e. The zero-order valence-electron chi connectivity index (χ0n) is 12.4. The molecule has 1 fully saturated rings. The Balaban J connectivity index is 1.51. The van der Waals surface area contributed by atoms with Crippen molar-refractivity contribution in [2.75, 3.05) is 18.5 Å². The molecule has 0 atom stereocenters. The number of benzene rings is 1. The first-order valence-corrected chi connectivity index (χ1v) is 7.73. The summed E-state index contributed by atoms with van der Waals surface area (Å²) in [5.41, 5.74) is 2.55. The predicted octanol–water partition coefficient (Wildman–Crippen LogP) is 2.68. The molecular formula is C16H15N5O2. The van der Waals surface area contributed by atoms with Gasteiger partial charge in [-0.1, -0.05) is 0 Å². The van der Waals surface area contributed by atoms with E-state index >= 15 is 0 Å². The van der Waals surface area contributed by atoms with Gasteiger partial charge in [0.2, 0.25) is 0 Å². The summed E-state index contributed by atoms with van der Waals surface area (Å²) in [6.45, 7) is 1.16. The number of anilines is 2. The molecule has 1 aliphatic heterocycles. The Hall–Kier alpha value is -2.83. The van der Waals surface area contributed by atoms with E-state index in [1.165, 1.54) is 12.8 Å². The number of nitrogens with one attached hydrogen (secondary N) is 1. The Morgan fingerprint density at radius 1 is 1.04 bits per heavy atom. The molecule has 1 N–H and O–H groups in total. The minimum absolute atomic E-state index is 0.539. The van der Waals surface area contributed by atoms with Crippen molar-refractivity contribution in [3.8, 4) is 11.5 Å². The molecular weight excluding hydrogens is 294 g/mol. The number of ether oxygens (including phenoxy) is 2. The average molecular weight is 309 g/mol. The molecule has 2 aliphatic rings. The SMILES string of the molecule is c1nc(Nc2ccc3c(c2)OCCO3)c2ncn(C3CC3)c2n1. The Morgan fingerprint density at radius 2 is 1.91 bits per heavy atom. The minimum Gasteiger partial charge on any atom is -0.486 e. The van der Waals surface area contributed by atoms with Gasteiger partial charge in [-0.15, -0.1) is 0 Å². The highest BCUT2D eigenvalue weighted by Crippen LogP contribution is 2.38. The molecule has 23 heavy (non-hydrogen) atoms. The van der Waals surface area contributed by atoms with Crippen molar-refractivity contribution >= 4 is 22.7 Å². The van der Waals surface area contributed by atoms with Crippen LogP contribution >= 0.6 is 0 Å². The third kappa shape index (κ3) is 2.16. The van der Waals surface area contributed by atoms with E-state index < -0.39 is 0 Å². The van der Waals surface area contributed by atoms with Gasteiger partial charge in [0, 0.05) is 17.8 Å². The standard InChI is InChI=1S/C16H15N5O2/c1-4-12-13(23-6-5-22-12)7-10(1)20-15-14-16(18-8-17-15)21(9-19-14)11-2-3-11/h1,4,7-9,11H,2-3,5-6H2,(H,17,18,20). The van der Waals surface area contributed by atoms with E-state index in [1.807, 2.05) is 24.5 Å². The quantitative estimate of drug-likeness (QED) is 0.802. The fourth-order valence-electron chi connectivity index (χ4n) is 2.82. The van der Waals surface area contributed by atoms with E-state index in [0.29, 0.717) is 25.1 Å². The lowest BCUT2D eigenvalue weighted by atomic mass is 10.2. The van der Waals surface area contributed by atoms with Crippen molar-refractivity contribution in [3.05, 3.63) is 30.9 Å². The minimum atomic E-state index is 0.539. The van der Waals surface area contributed by atoms with Crippen LogP contribution in [0, 0.1) is 0 Å². The zero-order chi connectivity index (χ0) is 15.2. The van der Waals surface area contributed by atoms with Crippen LogP contribution in [-0.4, -0.2) is 32.7 Å². The molecule has 0 spiro atoms. The lowest BCUT2D eigenvalue weighted by Gasteiger charge is -2.19. The number of hydrogen-bond acceptors (Lipinski definition) is 6. The number of nitrogens with zero attached hydrogens (tertiary/aromatic N) is 4. The van der Waals surface area contributed by atoms with Crippen LogP contribution in [0.5, 0.6) is 11.5 Å². The topological polar surface area (TPSA) is 74.1 Å². The average Bonchev–Trinajstić information content (AvgIpc) is 3.34. The van der Waals surface area contributed by atoms with Crippen LogP contribution in [0.1, 0.15) is 18.9 Å². The van der Waals surface area contributed by atoms with Gasteiger partial charge in [-0.25, -0.2) is 15.0 Å². The van der Waals surface area contributed by atoms with E-state index in [-0.39, 0.29) is 0 Å². The predicted molar refractivity (Wildman–Crippen MR) is 84.3 cm³/mol. The molecule has 116 valence electrons. The molecule has 7 nitrogen and oxygen atoms in total. The maximum absolute atomic E-state index is 5.62. The van der Waals surface area contributed by atoms with E-state index in [9.17, 15) is 0 Å². The fourth-order valence-corrected chi connectivity index (χ4v) is 2.82. The summed E-state index contributed by atoms with van der Waals surface area (Å²) < 4.78 is 13.3. The van der Waals surface area contributed by atoms with E-state index in [0.717, 1.165) is 28.4 Å². The summed E-state index contributed by atoms with van der Waals surface area (Å²) in [6, 6.07) is 6.30. The lowest BCUT2D eigenvalue weighted by molar-refractivity contribution is 0.171.